The van der Waals surface area contributed by atoms with E-state index in [2.05, 4.69) is 20.8 Å². The highest BCUT2D eigenvalue weighted by atomic mass is 16.7. The number of ketones is 1. The van der Waals surface area contributed by atoms with E-state index < -0.39 is 5.60 Å². The predicted octanol–water partition coefficient (Wildman–Crippen LogP) is 2.31. The number of aliphatic hydroxyl groups is 1. The number of carbonyl (C=O) groups is 1. The summed E-state index contributed by atoms with van der Waals surface area (Å²) in [5.41, 5.74) is 0.307. The molecular weight excluding hydrogens is 256 g/mol. The Morgan fingerprint density at radius 2 is 2.25 bits per heavy atom. The maximum Gasteiger partial charge on any atom is 0.158 e. The Labute approximate surface area is 121 Å². The molecule has 0 aromatic carbocycles. The topological polar surface area (TPSA) is 55.8 Å². The molecule has 20 heavy (non-hydrogen) atoms. The molecule has 1 heterocycles. The minimum Gasteiger partial charge on any atom is -0.392 e. The van der Waals surface area contributed by atoms with Gasteiger partial charge in [0.1, 0.15) is 5.78 Å². The van der Waals surface area contributed by atoms with Gasteiger partial charge in [0.05, 0.1) is 12.2 Å². The molecule has 114 valence electrons. The molecule has 0 amide bonds. The molecule has 0 aromatic rings. The molecule has 4 heteroatoms. The summed E-state index contributed by atoms with van der Waals surface area (Å²) in [6.45, 7) is 6.21. The molecule has 1 N–H and O–H groups in total. The van der Waals surface area contributed by atoms with Crippen molar-refractivity contribution in [3.63, 3.8) is 0 Å². The van der Waals surface area contributed by atoms with E-state index in [0.29, 0.717) is 12.8 Å². The predicted molar refractivity (Wildman–Crippen MR) is 76.1 cm³/mol. The van der Waals surface area contributed by atoms with Gasteiger partial charge in [-0.1, -0.05) is 26.8 Å². The van der Waals surface area contributed by atoms with Gasteiger partial charge in [0, 0.05) is 25.9 Å². The molecule has 0 radical (unpaired) electrons. The van der Waals surface area contributed by atoms with Crippen LogP contribution in [-0.2, 0) is 14.3 Å². The van der Waals surface area contributed by atoms with Crippen molar-refractivity contribution < 1.29 is 19.4 Å². The second-order valence-corrected chi connectivity index (χ2v) is 6.53. The van der Waals surface area contributed by atoms with Crippen molar-refractivity contribution in [1.82, 2.24) is 0 Å². The van der Waals surface area contributed by atoms with Gasteiger partial charge in [0.2, 0.25) is 0 Å². The molecule has 1 saturated heterocycles. The first-order chi connectivity index (χ1) is 9.41. The van der Waals surface area contributed by atoms with Gasteiger partial charge < -0.3 is 14.6 Å². The van der Waals surface area contributed by atoms with Crippen molar-refractivity contribution in [3.8, 4) is 0 Å². The zero-order valence-electron chi connectivity index (χ0n) is 12.9. The first kappa shape index (κ1) is 15.7. The molecule has 0 aromatic heterocycles. The van der Waals surface area contributed by atoms with E-state index in [1.54, 1.807) is 7.11 Å². The fourth-order valence-corrected chi connectivity index (χ4v) is 3.44. The second-order valence-electron chi connectivity index (χ2n) is 6.53. The van der Waals surface area contributed by atoms with Crippen molar-refractivity contribution in [1.29, 1.82) is 0 Å². The number of aliphatic hydroxyl groups excluding tert-OH is 1. The average molecular weight is 282 g/mol. The normalized spacial score (nSPS) is 38.4. The Morgan fingerprint density at radius 3 is 2.75 bits per heavy atom. The van der Waals surface area contributed by atoms with E-state index in [1.807, 2.05) is 6.08 Å². The van der Waals surface area contributed by atoms with Crippen molar-refractivity contribution in [2.45, 2.75) is 51.9 Å². The summed E-state index contributed by atoms with van der Waals surface area (Å²) in [4.78, 5) is 12.4. The van der Waals surface area contributed by atoms with Crippen LogP contribution in [0.1, 0.15) is 40.0 Å². The van der Waals surface area contributed by atoms with Crippen LogP contribution in [0.25, 0.3) is 0 Å². The zero-order chi connectivity index (χ0) is 14.9. The smallest absolute Gasteiger partial charge is 0.158 e. The van der Waals surface area contributed by atoms with Crippen LogP contribution in [-0.4, -0.2) is 36.5 Å². The fourth-order valence-electron chi connectivity index (χ4n) is 3.44. The summed E-state index contributed by atoms with van der Waals surface area (Å²) >= 11 is 0. The van der Waals surface area contributed by atoms with E-state index in [0.717, 1.165) is 12.0 Å². The third-order valence-corrected chi connectivity index (χ3v) is 4.80. The number of Topliss-reactive ketones (excluding diaryl/α,β-unsaturated/α-hetero) is 1. The van der Waals surface area contributed by atoms with Crippen LogP contribution in [0.5, 0.6) is 0 Å². The number of ether oxygens (including phenoxy) is 2. The molecule has 1 aliphatic heterocycles. The van der Waals surface area contributed by atoms with Crippen molar-refractivity contribution in [2.24, 2.45) is 17.8 Å². The molecule has 0 bridgehead atoms. The maximum atomic E-state index is 12.4. The molecule has 1 aliphatic carbocycles. The monoisotopic (exact) mass is 282 g/mol. The number of rotatable bonds is 3. The first-order valence-corrected chi connectivity index (χ1v) is 7.46. The molecule has 4 nitrogen and oxygen atoms in total. The van der Waals surface area contributed by atoms with Gasteiger partial charge in [-0.3, -0.25) is 4.79 Å². The van der Waals surface area contributed by atoms with Gasteiger partial charge in [0.15, 0.2) is 6.29 Å². The third-order valence-electron chi connectivity index (χ3n) is 4.80. The van der Waals surface area contributed by atoms with E-state index in [-0.39, 0.29) is 36.4 Å². The summed E-state index contributed by atoms with van der Waals surface area (Å²) in [5, 5.41) is 9.50. The highest BCUT2D eigenvalue weighted by Crippen LogP contribution is 2.45. The van der Waals surface area contributed by atoms with Crippen molar-refractivity contribution >= 4 is 5.78 Å². The second kappa shape index (κ2) is 5.96. The van der Waals surface area contributed by atoms with Gasteiger partial charge in [-0.2, -0.15) is 0 Å². The molecule has 1 fully saturated rings. The van der Waals surface area contributed by atoms with Gasteiger partial charge in [-0.05, 0) is 23.8 Å². The van der Waals surface area contributed by atoms with Crippen LogP contribution in [0.2, 0.25) is 0 Å². The zero-order valence-corrected chi connectivity index (χ0v) is 12.9. The molecule has 2 aliphatic rings. The highest BCUT2D eigenvalue weighted by Gasteiger charge is 2.49. The molecule has 4 atom stereocenters. The van der Waals surface area contributed by atoms with Crippen LogP contribution in [0, 0.1) is 17.8 Å². The number of hydrogen-bond donors (Lipinski definition) is 1. The van der Waals surface area contributed by atoms with E-state index in [9.17, 15) is 9.90 Å². The van der Waals surface area contributed by atoms with Gasteiger partial charge >= 0.3 is 0 Å². The van der Waals surface area contributed by atoms with Crippen LogP contribution in [0.4, 0.5) is 0 Å². The standard InChI is InChI=1S/C16H26O4/c1-10(2)13-8-16(7-12(9-17)6-14(13)18)11(3)5-15(19-4)20-16/h7,10-11,13,15,17H,5-6,8-9H2,1-4H3. The minimum atomic E-state index is -0.472. The lowest BCUT2D eigenvalue weighted by atomic mass is 9.77. The van der Waals surface area contributed by atoms with Crippen molar-refractivity contribution in [2.75, 3.05) is 13.7 Å². The summed E-state index contributed by atoms with van der Waals surface area (Å²) in [6.07, 6.45) is 3.63. The largest absolute Gasteiger partial charge is 0.392 e. The molecule has 4 unspecified atom stereocenters. The first-order valence-electron chi connectivity index (χ1n) is 7.46. The molecule has 2 rings (SSSR count). The summed E-state index contributed by atoms with van der Waals surface area (Å²) in [5.74, 6) is 0.756. The van der Waals surface area contributed by atoms with E-state index in [1.165, 1.54) is 0 Å². The number of methoxy groups -OCH3 is 1. The fraction of sp³-hybridized carbons (Fsp3) is 0.812. The number of hydrogen-bond acceptors (Lipinski definition) is 4. The maximum absolute atomic E-state index is 12.4. The van der Waals surface area contributed by atoms with Crippen LogP contribution >= 0.6 is 0 Å². The highest BCUT2D eigenvalue weighted by molar-refractivity contribution is 5.84. The Morgan fingerprint density at radius 1 is 1.55 bits per heavy atom. The summed E-state index contributed by atoms with van der Waals surface area (Å²) < 4.78 is 11.5. The Kier molecular flexibility index (Phi) is 4.67. The Hall–Kier alpha value is -0.710. The van der Waals surface area contributed by atoms with Crippen LogP contribution < -0.4 is 0 Å². The Balaban J connectivity index is 2.35. The van der Waals surface area contributed by atoms with Gasteiger partial charge in [0.25, 0.3) is 0 Å². The quantitative estimate of drug-likeness (QED) is 0.807. The lowest BCUT2D eigenvalue weighted by Gasteiger charge is -2.33. The lowest BCUT2D eigenvalue weighted by molar-refractivity contribution is -0.151. The molecular formula is C16H26O4. The van der Waals surface area contributed by atoms with Crippen molar-refractivity contribution in [3.05, 3.63) is 11.6 Å². The Bertz CT molecular complexity index is 401. The van der Waals surface area contributed by atoms with Crippen LogP contribution in [0.3, 0.4) is 0 Å². The molecule has 1 spiro atoms. The lowest BCUT2D eigenvalue weighted by Crippen LogP contribution is -2.37. The van der Waals surface area contributed by atoms with Gasteiger partial charge in [-0.25, -0.2) is 0 Å². The van der Waals surface area contributed by atoms with E-state index >= 15 is 0 Å². The average Bonchev–Trinajstić information content (AvgIpc) is 2.61. The number of carbonyl (C=O) groups excluding carboxylic acids is 1. The minimum absolute atomic E-state index is 0.0200. The summed E-state index contributed by atoms with van der Waals surface area (Å²) in [7, 11) is 1.65. The SMILES string of the molecule is COC1CC(C)C2(C=C(CO)CC(=O)C(C(C)C)C2)O1. The van der Waals surface area contributed by atoms with Crippen LogP contribution in [0.15, 0.2) is 11.6 Å². The van der Waals surface area contributed by atoms with E-state index in [4.69, 9.17) is 9.47 Å². The molecule has 0 saturated carbocycles. The third kappa shape index (κ3) is 2.83. The van der Waals surface area contributed by atoms with Gasteiger partial charge in [-0.15, -0.1) is 0 Å². The summed E-state index contributed by atoms with van der Waals surface area (Å²) in [6, 6.07) is 0.